The predicted molar refractivity (Wildman–Crippen MR) is 78.5 cm³/mol. The fourth-order valence-corrected chi connectivity index (χ4v) is 2.41. The molecular formula is C13H7BrN4S. The summed E-state index contributed by atoms with van der Waals surface area (Å²) < 4.78 is 0.842. The van der Waals surface area contributed by atoms with Gasteiger partial charge in [-0.15, -0.1) is 12.6 Å². The van der Waals surface area contributed by atoms with Crippen LogP contribution < -0.4 is 5.73 Å². The zero-order chi connectivity index (χ0) is 14.0. The van der Waals surface area contributed by atoms with Crippen LogP contribution in [0.5, 0.6) is 0 Å². The molecule has 0 bridgehead atoms. The van der Waals surface area contributed by atoms with Gasteiger partial charge in [-0.1, -0.05) is 28.1 Å². The summed E-state index contributed by atoms with van der Waals surface area (Å²) in [5, 5.41) is 18.7. The topological polar surface area (TPSA) is 86.5 Å². The molecule has 0 atom stereocenters. The highest BCUT2D eigenvalue weighted by atomic mass is 79.9. The second-order valence-electron chi connectivity index (χ2n) is 3.68. The monoisotopic (exact) mass is 330 g/mol. The Kier molecular flexibility index (Phi) is 3.75. The molecule has 0 saturated carbocycles. The average molecular weight is 331 g/mol. The van der Waals surface area contributed by atoms with Crippen LogP contribution in [0.4, 0.5) is 5.82 Å². The molecule has 0 spiro atoms. The fourth-order valence-electron chi connectivity index (χ4n) is 1.74. The van der Waals surface area contributed by atoms with E-state index in [1.54, 1.807) is 6.07 Å². The number of hydrogen-bond donors (Lipinski definition) is 2. The van der Waals surface area contributed by atoms with Crippen molar-refractivity contribution >= 4 is 34.4 Å². The van der Waals surface area contributed by atoms with E-state index in [9.17, 15) is 10.5 Å². The van der Waals surface area contributed by atoms with E-state index in [0.29, 0.717) is 11.1 Å². The van der Waals surface area contributed by atoms with Gasteiger partial charge in [-0.2, -0.15) is 10.5 Å². The lowest BCUT2D eigenvalue weighted by Crippen LogP contribution is -2.02. The van der Waals surface area contributed by atoms with Crippen molar-refractivity contribution in [2.75, 3.05) is 5.73 Å². The number of benzene rings is 1. The first kappa shape index (κ1) is 13.4. The van der Waals surface area contributed by atoms with Crippen LogP contribution in [0.2, 0.25) is 0 Å². The van der Waals surface area contributed by atoms with E-state index in [1.807, 2.05) is 30.3 Å². The molecular weight excluding hydrogens is 324 g/mol. The quantitative estimate of drug-likeness (QED) is 0.786. The Balaban J connectivity index is 2.89. The van der Waals surface area contributed by atoms with Crippen molar-refractivity contribution in [3.63, 3.8) is 0 Å². The molecule has 2 aromatic rings. The maximum absolute atomic E-state index is 9.24. The van der Waals surface area contributed by atoms with Crippen LogP contribution in [-0.4, -0.2) is 4.98 Å². The van der Waals surface area contributed by atoms with Crippen molar-refractivity contribution in [3.8, 4) is 23.3 Å². The number of halogens is 1. The van der Waals surface area contributed by atoms with Crippen LogP contribution in [-0.2, 0) is 0 Å². The number of nitrogen functional groups attached to an aromatic ring is 1. The van der Waals surface area contributed by atoms with Crippen LogP contribution in [0.25, 0.3) is 11.1 Å². The predicted octanol–water partition coefficient (Wildman–Crippen LogP) is 3.13. The number of hydrogen-bond acceptors (Lipinski definition) is 5. The molecule has 92 valence electrons. The molecule has 0 saturated heterocycles. The van der Waals surface area contributed by atoms with Crippen molar-refractivity contribution in [3.05, 3.63) is 39.9 Å². The number of anilines is 1. The second kappa shape index (κ2) is 5.31. The first-order chi connectivity index (χ1) is 9.08. The molecule has 0 aliphatic rings. The number of nitrogens with zero attached hydrogens (tertiary/aromatic N) is 3. The molecule has 1 heterocycles. The van der Waals surface area contributed by atoms with Gasteiger partial charge < -0.3 is 5.73 Å². The smallest absolute Gasteiger partial charge is 0.143 e. The summed E-state index contributed by atoms with van der Waals surface area (Å²) in [4.78, 5) is 3.91. The van der Waals surface area contributed by atoms with E-state index in [-0.39, 0.29) is 22.0 Å². The van der Waals surface area contributed by atoms with Crippen molar-refractivity contribution in [2.45, 2.75) is 5.03 Å². The molecule has 0 unspecified atom stereocenters. The molecule has 6 heteroatoms. The molecule has 0 aliphatic heterocycles. The molecule has 2 N–H and O–H groups in total. The summed E-state index contributed by atoms with van der Waals surface area (Å²) in [6, 6.07) is 11.3. The Bertz CT molecular complexity index is 705. The highest BCUT2D eigenvalue weighted by Crippen LogP contribution is 2.34. The van der Waals surface area contributed by atoms with Gasteiger partial charge in [0.25, 0.3) is 0 Å². The van der Waals surface area contributed by atoms with E-state index in [2.05, 4.69) is 33.5 Å². The van der Waals surface area contributed by atoms with Gasteiger partial charge in [0.2, 0.25) is 0 Å². The van der Waals surface area contributed by atoms with Crippen molar-refractivity contribution in [1.82, 2.24) is 4.98 Å². The van der Waals surface area contributed by atoms with Gasteiger partial charge in [0, 0.05) is 10.0 Å². The summed E-state index contributed by atoms with van der Waals surface area (Å²) in [6.45, 7) is 0. The van der Waals surface area contributed by atoms with Crippen molar-refractivity contribution in [2.24, 2.45) is 0 Å². The van der Waals surface area contributed by atoms with Gasteiger partial charge in [0.15, 0.2) is 0 Å². The lowest BCUT2D eigenvalue weighted by atomic mass is 9.97. The third-order valence-electron chi connectivity index (χ3n) is 2.54. The average Bonchev–Trinajstić information content (AvgIpc) is 2.38. The summed E-state index contributed by atoms with van der Waals surface area (Å²) in [5.74, 6) is 0.0708. The minimum absolute atomic E-state index is 0.0708. The molecule has 4 nitrogen and oxygen atoms in total. The second-order valence-corrected chi connectivity index (χ2v) is 5.02. The lowest BCUT2D eigenvalue weighted by molar-refractivity contribution is 1.12. The summed E-state index contributed by atoms with van der Waals surface area (Å²) in [7, 11) is 0. The number of thiol groups is 1. The molecule has 0 fully saturated rings. The Morgan fingerprint density at radius 3 is 2.47 bits per heavy atom. The highest BCUT2D eigenvalue weighted by molar-refractivity contribution is 9.10. The minimum Gasteiger partial charge on any atom is -0.383 e. The van der Waals surface area contributed by atoms with Gasteiger partial charge in [-0.25, -0.2) is 4.98 Å². The van der Waals surface area contributed by atoms with Crippen molar-refractivity contribution < 1.29 is 0 Å². The first-order valence-corrected chi connectivity index (χ1v) is 6.41. The third kappa shape index (κ3) is 2.41. The van der Waals surface area contributed by atoms with Gasteiger partial charge in [-0.3, -0.25) is 0 Å². The van der Waals surface area contributed by atoms with E-state index < -0.39 is 0 Å². The van der Waals surface area contributed by atoms with Crippen molar-refractivity contribution in [1.29, 1.82) is 10.5 Å². The van der Waals surface area contributed by atoms with E-state index >= 15 is 0 Å². The summed E-state index contributed by atoms with van der Waals surface area (Å²) >= 11 is 7.50. The Morgan fingerprint density at radius 2 is 1.89 bits per heavy atom. The van der Waals surface area contributed by atoms with E-state index in [4.69, 9.17) is 5.73 Å². The SMILES string of the molecule is N#Cc1c(N)nc(S)c(C#N)c1-c1cccc(Br)c1. The van der Waals surface area contributed by atoms with E-state index in [0.717, 1.165) is 4.47 Å². The van der Waals surface area contributed by atoms with Crippen LogP contribution in [0.3, 0.4) is 0 Å². The maximum Gasteiger partial charge on any atom is 0.143 e. The van der Waals surface area contributed by atoms with Crippen LogP contribution in [0.15, 0.2) is 33.8 Å². The van der Waals surface area contributed by atoms with Gasteiger partial charge >= 0.3 is 0 Å². The molecule has 19 heavy (non-hydrogen) atoms. The zero-order valence-electron chi connectivity index (χ0n) is 9.55. The molecule has 0 amide bonds. The number of nitriles is 2. The lowest BCUT2D eigenvalue weighted by Gasteiger charge is -2.10. The fraction of sp³-hybridized carbons (Fsp3) is 0. The molecule has 0 aliphatic carbocycles. The summed E-state index contributed by atoms with van der Waals surface area (Å²) in [6.07, 6.45) is 0. The normalized spacial score (nSPS) is 9.68. The molecule has 1 aromatic carbocycles. The van der Waals surface area contributed by atoms with Gasteiger partial charge in [0.1, 0.15) is 28.5 Å². The van der Waals surface area contributed by atoms with Gasteiger partial charge in [0.05, 0.1) is 5.56 Å². The highest BCUT2D eigenvalue weighted by Gasteiger charge is 2.18. The van der Waals surface area contributed by atoms with E-state index in [1.165, 1.54) is 0 Å². The largest absolute Gasteiger partial charge is 0.383 e. The summed E-state index contributed by atoms with van der Waals surface area (Å²) in [5.41, 5.74) is 7.33. The molecule has 2 rings (SSSR count). The van der Waals surface area contributed by atoms with Crippen LogP contribution >= 0.6 is 28.6 Å². The Hall–Kier alpha value is -2.02. The number of pyridine rings is 1. The number of nitrogens with two attached hydrogens (primary N) is 1. The molecule has 0 radical (unpaired) electrons. The van der Waals surface area contributed by atoms with Crippen LogP contribution in [0, 0.1) is 22.7 Å². The van der Waals surface area contributed by atoms with Gasteiger partial charge in [-0.05, 0) is 17.7 Å². The number of aromatic nitrogens is 1. The van der Waals surface area contributed by atoms with Crippen LogP contribution in [0.1, 0.15) is 11.1 Å². The standard InChI is InChI=1S/C13H7BrN4S/c14-8-3-1-2-7(4-8)11-9(5-15)12(17)18-13(19)10(11)6-16/h1-4H,(H3,17,18,19). The minimum atomic E-state index is 0.0708. The Morgan fingerprint density at radius 1 is 1.21 bits per heavy atom. The third-order valence-corrected chi connectivity index (χ3v) is 3.36. The Labute approximate surface area is 124 Å². The first-order valence-electron chi connectivity index (χ1n) is 5.17. The maximum atomic E-state index is 9.24. The number of rotatable bonds is 1. The zero-order valence-corrected chi connectivity index (χ0v) is 12.0. The molecule has 1 aromatic heterocycles.